The quantitative estimate of drug-likeness (QED) is 0.184. The molecular formula is C32H31ClFN3O6S. The van der Waals surface area contributed by atoms with Gasteiger partial charge in [0, 0.05) is 30.9 Å². The molecule has 0 saturated heterocycles. The van der Waals surface area contributed by atoms with Crippen molar-refractivity contribution in [2.45, 2.75) is 17.5 Å². The number of sulfonamides is 1. The molecule has 230 valence electrons. The summed E-state index contributed by atoms with van der Waals surface area (Å²) in [5, 5.41) is 3.36. The third-order valence-electron chi connectivity index (χ3n) is 6.46. The van der Waals surface area contributed by atoms with Gasteiger partial charge in [0.1, 0.15) is 17.6 Å². The monoisotopic (exact) mass is 639 g/mol. The van der Waals surface area contributed by atoms with Gasteiger partial charge in [-0.15, -0.1) is 0 Å². The van der Waals surface area contributed by atoms with Gasteiger partial charge >= 0.3 is 0 Å². The van der Waals surface area contributed by atoms with Crippen molar-refractivity contribution < 1.29 is 31.9 Å². The highest BCUT2D eigenvalue weighted by Crippen LogP contribution is 2.25. The summed E-state index contributed by atoms with van der Waals surface area (Å²) in [5.41, 5.74) is 1.56. The maximum atomic E-state index is 13.7. The molecule has 0 bridgehead atoms. The lowest BCUT2D eigenvalue weighted by Gasteiger charge is -2.31. The van der Waals surface area contributed by atoms with Gasteiger partial charge in [-0.1, -0.05) is 54.1 Å². The molecular weight excluding hydrogens is 609 g/mol. The standard InChI is InChI=1S/C32H31ClFN3O6S/c1-42-20-19-35-32(39)31(24-5-3-2-4-6-24)37(21-23-7-9-25(33)10-8-23)30(38)22-43-28-15-17-29(18-16-28)44(40,41)36-27-13-11-26(34)12-14-27/h2-18,31,36H,19-22H2,1H3,(H,35,39). The van der Waals surface area contributed by atoms with Gasteiger partial charge in [0.2, 0.25) is 5.91 Å². The zero-order valence-corrected chi connectivity index (χ0v) is 25.4. The molecule has 4 aromatic rings. The number of hydrogen-bond donors (Lipinski definition) is 2. The number of benzene rings is 4. The number of ether oxygens (including phenoxy) is 2. The van der Waals surface area contributed by atoms with Gasteiger partial charge in [-0.25, -0.2) is 12.8 Å². The summed E-state index contributed by atoms with van der Waals surface area (Å²) in [5.74, 6) is -1.12. The first-order valence-electron chi connectivity index (χ1n) is 13.5. The molecule has 0 heterocycles. The van der Waals surface area contributed by atoms with Crippen LogP contribution in [0.4, 0.5) is 10.1 Å². The Hall–Kier alpha value is -4.45. The summed E-state index contributed by atoms with van der Waals surface area (Å²) in [7, 11) is -2.43. The predicted molar refractivity (Wildman–Crippen MR) is 165 cm³/mol. The number of halogens is 2. The maximum Gasteiger partial charge on any atom is 0.261 e. The van der Waals surface area contributed by atoms with E-state index in [0.29, 0.717) is 17.2 Å². The van der Waals surface area contributed by atoms with E-state index in [4.69, 9.17) is 21.1 Å². The Labute approximate surface area is 260 Å². The highest BCUT2D eigenvalue weighted by molar-refractivity contribution is 7.92. The topological polar surface area (TPSA) is 114 Å². The highest BCUT2D eigenvalue weighted by Gasteiger charge is 2.31. The minimum Gasteiger partial charge on any atom is -0.484 e. The van der Waals surface area contributed by atoms with Gasteiger partial charge in [-0.05, 0) is 71.8 Å². The van der Waals surface area contributed by atoms with Crippen LogP contribution < -0.4 is 14.8 Å². The summed E-state index contributed by atoms with van der Waals surface area (Å²) >= 11 is 6.06. The normalized spacial score (nSPS) is 11.8. The van der Waals surface area contributed by atoms with Gasteiger partial charge in [0.05, 0.1) is 11.5 Å². The lowest BCUT2D eigenvalue weighted by Crippen LogP contribution is -2.45. The average molecular weight is 640 g/mol. The SMILES string of the molecule is COCCNC(=O)C(c1ccccc1)N(Cc1ccc(Cl)cc1)C(=O)COc1ccc(S(=O)(=O)Nc2ccc(F)cc2)cc1. The molecule has 0 aromatic heterocycles. The number of amides is 2. The molecule has 0 aliphatic rings. The van der Waals surface area contributed by atoms with Crippen LogP contribution in [-0.4, -0.2) is 52.0 Å². The van der Waals surface area contributed by atoms with Crippen LogP contribution in [0.15, 0.2) is 108 Å². The van der Waals surface area contributed by atoms with Crippen LogP contribution in [0.1, 0.15) is 17.2 Å². The molecule has 0 aliphatic carbocycles. The predicted octanol–water partition coefficient (Wildman–Crippen LogP) is 5.19. The van der Waals surface area contributed by atoms with E-state index in [-0.39, 0.29) is 29.4 Å². The van der Waals surface area contributed by atoms with Crippen molar-refractivity contribution >= 4 is 39.1 Å². The number of nitrogens with one attached hydrogen (secondary N) is 2. The molecule has 0 spiro atoms. The Morgan fingerprint density at radius 3 is 2.20 bits per heavy atom. The molecule has 2 amide bonds. The van der Waals surface area contributed by atoms with E-state index in [9.17, 15) is 22.4 Å². The molecule has 1 atom stereocenters. The van der Waals surface area contributed by atoms with Gasteiger partial charge in [0.25, 0.3) is 15.9 Å². The zero-order chi connectivity index (χ0) is 31.5. The van der Waals surface area contributed by atoms with Crippen LogP contribution in [0, 0.1) is 5.82 Å². The van der Waals surface area contributed by atoms with Crippen molar-refractivity contribution in [3.63, 3.8) is 0 Å². The number of carbonyl (C=O) groups excluding carboxylic acids is 2. The molecule has 12 heteroatoms. The first-order valence-corrected chi connectivity index (χ1v) is 15.4. The van der Waals surface area contributed by atoms with Crippen LogP contribution in [0.25, 0.3) is 0 Å². The zero-order valence-electron chi connectivity index (χ0n) is 23.8. The molecule has 1 unspecified atom stereocenters. The summed E-state index contributed by atoms with van der Waals surface area (Å²) < 4.78 is 51.9. The summed E-state index contributed by atoms with van der Waals surface area (Å²) in [6.07, 6.45) is 0. The number of methoxy groups -OCH3 is 1. The maximum absolute atomic E-state index is 13.7. The van der Waals surface area contributed by atoms with E-state index in [1.165, 1.54) is 48.4 Å². The second-order valence-corrected chi connectivity index (χ2v) is 11.7. The van der Waals surface area contributed by atoms with Crippen molar-refractivity contribution in [2.75, 3.05) is 31.6 Å². The van der Waals surface area contributed by atoms with Crippen LogP contribution in [0.3, 0.4) is 0 Å². The van der Waals surface area contributed by atoms with Crippen molar-refractivity contribution in [2.24, 2.45) is 0 Å². The summed E-state index contributed by atoms with van der Waals surface area (Å²) in [6, 6.07) is 25.3. The van der Waals surface area contributed by atoms with E-state index in [0.717, 1.165) is 17.7 Å². The number of hydrogen-bond acceptors (Lipinski definition) is 6. The molecule has 4 aromatic carbocycles. The van der Waals surface area contributed by atoms with Crippen molar-refractivity contribution in [1.82, 2.24) is 10.2 Å². The number of rotatable bonds is 14. The first kappa shape index (κ1) is 32.5. The van der Waals surface area contributed by atoms with E-state index in [2.05, 4.69) is 10.0 Å². The molecule has 0 fully saturated rings. The van der Waals surface area contributed by atoms with Crippen LogP contribution in [0.2, 0.25) is 5.02 Å². The molecule has 4 rings (SSSR count). The van der Waals surface area contributed by atoms with Crippen LogP contribution in [-0.2, 0) is 30.9 Å². The fourth-order valence-corrected chi connectivity index (χ4v) is 5.45. The highest BCUT2D eigenvalue weighted by atomic mass is 35.5. The van der Waals surface area contributed by atoms with Gasteiger partial charge in [-0.2, -0.15) is 0 Å². The van der Waals surface area contributed by atoms with E-state index < -0.39 is 40.3 Å². The summed E-state index contributed by atoms with van der Waals surface area (Å²) in [4.78, 5) is 28.6. The molecule has 44 heavy (non-hydrogen) atoms. The third-order valence-corrected chi connectivity index (χ3v) is 8.11. The van der Waals surface area contributed by atoms with Crippen LogP contribution >= 0.6 is 11.6 Å². The summed E-state index contributed by atoms with van der Waals surface area (Å²) in [6.45, 7) is 0.209. The minimum absolute atomic E-state index is 0.0539. The average Bonchev–Trinajstić information content (AvgIpc) is 3.02. The Morgan fingerprint density at radius 1 is 0.909 bits per heavy atom. The van der Waals surface area contributed by atoms with Gasteiger partial charge in [0.15, 0.2) is 6.61 Å². The van der Waals surface area contributed by atoms with E-state index in [1.54, 1.807) is 48.5 Å². The Kier molecular flexibility index (Phi) is 11.3. The Morgan fingerprint density at radius 2 is 1.57 bits per heavy atom. The van der Waals surface area contributed by atoms with Crippen molar-refractivity contribution in [3.8, 4) is 5.75 Å². The second kappa shape index (κ2) is 15.3. The third kappa shape index (κ3) is 9.03. The lowest BCUT2D eigenvalue weighted by molar-refractivity contribution is -0.143. The van der Waals surface area contributed by atoms with Crippen molar-refractivity contribution in [1.29, 1.82) is 0 Å². The minimum atomic E-state index is -3.95. The largest absolute Gasteiger partial charge is 0.484 e. The Bertz CT molecular complexity index is 1640. The smallest absolute Gasteiger partial charge is 0.261 e. The van der Waals surface area contributed by atoms with Crippen LogP contribution in [0.5, 0.6) is 5.75 Å². The molecule has 0 aliphatic heterocycles. The molecule has 0 saturated carbocycles. The van der Waals surface area contributed by atoms with E-state index >= 15 is 0 Å². The lowest BCUT2D eigenvalue weighted by atomic mass is 10.0. The fraction of sp³-hybridized carbons (Fsp3) is 0.188. The fourth-order valence-electron chi connectivity index (χ4n) is 4.27. The van der Waals surface area contributed by atoms with E-state index in [1.807, 2.05) is 6.07 Å². The number of anilines is 1. The second-order valence-electron chi connectivity index (χ2n) is 9.62. The first-order chi connectivity index (χ1) is 21.2. The molecule has 0 radical (unpaired) electrons. The van der Waals surface area contributed by atoms with Crippen molar-refractivity contribution in [3.05, 3.63) is 125 Å². The van der Waals surface area contributed by atoms with Gasteiger partial charge in [-0.3, -0.25) is 14.3 Å². The Balaban J connectivity index is 1.53. The number of nitrogens with zero attached hydrogens (tertiary/aromatic N) is 1. The van der Waals surface area contributed by atoms with Gasteiger partial charge < -0.3 is 19.7 Å². The molecule has 2 N–H and O–H groups in total. The number of carbonyl (C=O) groups is 2. The molecule has 9 nitrogen and oxygen atoms in total.